The number of nitro benzene ring substituents is 1. The largest absolute Gasteiger partial charge is 0.489 e. The van der Waals surface area contributed by atoms with Gasteiger partial charge in [-0.3, -0.25) is 10.1 Å². The maximum atomic E-state index is 10.8. The summed E-state index contributed by atoms with van der Waals surface area (Å²) < 4.78 is 11.0. The fraction of sp³-hybridized carbons (Fsp3) is 0.500. The lowest BCUT2D eigenvalue weighted by atomic mass is 10.2. The highest BCUT2D eigenvalue weighted by Crippen LogP contribution is 2.31. The SMILES string of the molecule is CCOc1cc(OC2CCNC2)ccc1[N+](=O)[O-]. The average Bonchev–Trinajstić information content (AvgIpc) is 2.82. The van der Waals surface area contributed by atoms with Crippen LogP contribution in [0.2, 0.25) is 0 Å². The van der Waals surface area contributed by atoms with E-state index in [1.165, 1.54) is 6.07 Å². The topological polar surface area (TPSA) is 73.6 Å². The van der Waals surface area contributed by atoms with Gasteiger partial charge in [0.25, 0.3) is 0 Å². The van der Waals surface area contributed by atoms with Gasteiger partial charge >= 0.3 is 5.69 Å². The van der Waals surface area contributed by atoms with Crippen molar-refractivity contribution in [1.82, 2.24) is 5.32 Å². The first kappa shape index (κ1) is 12.6. The van der Waals surface area contributed by atoms with Crippen LogP contribution in [-0.4, -0.2) is 30.7 Å². The summed E-state index contributed by atoms with van der Waals surface area (Å²) in [5, 5.41) is 14.0. The van der Waals surface area contributed by atoms with Gasteiger partial charge in [0.2, 0.25) is 5.75 Å². The number of nitro groups is 1. The lowest BCUT2D eigenvalue weighted by Gasteiger charge is -2.13. The molecule has 1 aromatic rings. The third-order valence-corrected chi connectivity index (χ3v) is 2.75. The smallest absolute Gasteiger partial charge is 0.311 e. The molecule has 18 heavy (non-hydrogen) atoms. The van der Waals surface area contributed by atoms with Crippen LogP contribution in [0.3, 0.4) is 0 Å². The molecule has 0 bridgehead atoms. The Morgan fingerprint density at radius 3 is 3.00 bits per heavy atom. The van der Waals surface area contributed by atoms with Crippen LogP contribution in [0.15, 0.2) is 18.2 Å². The lowest BCUT2D eigenvalue weighted by molar-refractivity contribution is -0.385. The van der Waals surface area contributed by atoms with Gasteiger partial charge in [-0.25, -0.2) is 0 Å². The first-order valence-electron chi connectivity index (χ1n) is 5.99. The van der Waals surface area contributed by atoms with Gasteiger partial charge in [-0.15, -0.1) is 0 Å². The van der Waals surface area contributed by atoms with Gasteiger partial charge < -0.3 is 14.8 Å². The van der Waals surface area contributed by atoms with Gasteiger partial charge in [-0.1, -0.05) is 0 Å². The maximum Gasteiger partial charge on any atom is 0.311 e. The second kappa shape index (κ2) is 5.68. The number of hydrogen-bond donors (Lipinski definition) is 1. The third kappa shape index (κ3) is 2.89. The second-order valence-corrected chi connectivity index (χ2v) is 4.05. The van der Waals surface area contributed by atoms with Crippen LogP contribution < -0.4 is 14.8 Å². The number of benzene rings is 1. The molecule has 1 fully saturated rings. The van der Waals surface area contributed by atoms with E-state index in [1.54, 1.807) is 19.1 Å². The van der Waals surface area contributed by atoms with Crippen molar-refractivity contribution < 1.29 is 14.4 Å². The number of ether oxygens (including phenoxy) is 2. The van der Waals surface area contributed by atoms with E-state index in [2.05, 4.69) is 5.32 Å². The van der Waals surface area contributed by atoms with Crippen molar-refractivity contribution >= 4 is 5.69 Å². The minimum Gasteiger partial charge on any atom is -0.489 e. The lowest BCUT2D eigenvalue weighted by Crippen LogP contribution is -2.19. The summed E-state index contributed by atoms with van der Waals surface area (Å²) in [5.74, 6) is 0.865. The van der Waals surface area contributed by atoms with Crippen LogP contribution in [0, 0.1) is 10.1 Å². The molecule has 0 spiro atoms. The molecule has 1 aliphatic rings. The van der Waals surface area contributed by atoms with E-state index in [9.17, 15) is 10.1 Å². The van der Waals surface area contributed by atoms with Crippen molar-refractivity contribution in [3.8, 4) is 11.5 Å². The molecule has 6 heteroatoms. The van der Waals surface area contributed by atoms with Gasteiger partial charge in [0, 0.05) is 18.7 Å². The van der Waals surface area contributed by atoms with Crippen LogP contribution in [0.25, 0.3) is 0 Å². The van der Waals surface area contributed by atoms with Crippen molar-refractivity contribution in [2.75, 3.05) is 19.7 Å². The summed E-state index contributed by atoms with van der Waals surface area (Å²) in [7, 11) is 0. The van der Waals surface area contributed by atoms with Crippen molar-refractivity contribution in [1.29, 1.82) is 0 Å². The van der Waals surface area contributed by atoms with E-state index >= 15 is 0 Å². The molecule has 1 unspecified atom stereocenters. The van der Waals surface area contributed by atoms with E-state index in [1.807, 2.05) is 0 Å². The van der Waals surface area contributed by atoms with Gasteiger partial charge in [0.05, 0.1) is 11.5 Å². The zero-order valence-corrected chi connectivity index (χ0v) is 10.2. The Kier molecular flexibility index (Phi) is 3.99. The monoisotopic (exact) mass is 252 g/mol. The van der Waals surface area contributed by atoms with Gasteiger partial charge in [-0.05, 0) is 26.0 Å². The summed E-state index contributed by atoms with van der Waals surface area (Å²) in [4.78, 5) is 10.4. The molecule has 1 atom stereocenters. The molecule has 1 saturated heterocycles. The van der Waals surface area contributed by atoms with Crippen LogP contribution in [0.1, 0.15) is 13.3 Å². The summed E-state index contributed by atoms with van der Waals surface area (Å²) in [6.45, 7) is 3.92. The fourth-order valence-corrected chi connectivity index (χ4v) is 1.91. The fourth-order valence-electron chi connectivity index (χ4n) is 1.91. The minimum absolute atomic E-state index is 0.0336. The molecule has 2 rings (SSSR count). The Morgan fingerprint density at radius 2 is 2.39 bits per heavy atom. The number of nitrogens with zero attached hydrogens (tertiary/aromatic N) is 1. The Bertz CT molecular complexity index is 430. The Labute approximate surface area is 105 Å². The first-order valence-corrected chi connectivity index (χ1v) is 5.99. The third-order valence-electron chi connectivity index (χ3n) is 2.75. The molecule has 0 amide bonds. The molecule has 6 nitrogen and oxygen atoms in total. The van der Waals surface area contributed by atoms with Crippen molar-refractivity contribution in [2.45, 2.75) is 19.4 Å². The highest BCUT2D eigenvalue weighted by Gasteiger charge is 2.19. The van der Waals surface area contributed by atoms with Crippen molar-refractivity contribution in [3.05, 3.63) is 28.3 Å². The normalized spacial score (nSPS) is 18.6. The summed E-state index contributed by atoms with van der Waals surface area (Å²) >= 11 is 0. The van der Waals surface area contributed by atoms with Crippen molar-refractivity contribution in [2.24, 2.45) is 0 Å². The molecule has 0 aromatic heterocycles. The number of rotatable bonds is 5. The van der Waals surface area contributed by atoms with Crippen LogP contribution in [-0.2, 0) is 0 Å². The Morgan fingerprint density at radius 1 is 1.56 bits per heavy atom. The molecular formula is C12H16N2O4. The van der Waals surface area contributed by atoms with Crippen LogP contribution in [0.5, 0.6) is 11.5 Å². The van der Waals surface area contributed by atoms with E-state index < -0.39 is 4.92 Å². The van der Waals surface area contributed by atoms with Crippen LogP contribution in [0.4, 0.5) is 5.69 Å². The quantitative estimate of drug-likeness (QED) is 0.638. The van der Waals surface area contributed by atoms with Crippen molar-refractivity contribution in [3.63, 3.8) is 0 Å². The van der Waals surface area contributed by atoms with Gasteiger partial charge in [0.1, 0.15) is 11.9 Å². The molecule has 1 aliphatic heterocycles. The molecule has 98 valence electrons. The van der Waals surface area contributed by atoms with E-state index in [0.29, 0.717) is 12.4 Å². The predicted molar refractivity (Wildman–Crippen MR) is 66.2 cm³/mol. The molecular weight excluding hydrogens is 236 g/mol. The highest BCUT2D eigenvalue weighted by molar-refractivity contribution is 5.50. The van der Waals surface area contributed by atoms with E-state index in [-0.39, 0.29) is 17.5 Å². The van der Waals surface area contributed by atoms with E-state index in [4.69, 9.17) is 9.47 Å². The summed E-state index contributed by atoms with van der Waals surface area (Å²) in [5.41, 5.74) is -0.0336. The van der Waals surface area contributed by atoms with Gasteiger partial charge in [-0.2, -0.15) is 0 Å². The van der Waals surface area contributed by atoms with E-state index in [0.717, 1.165) is 19.5 Å². The highest BCUT2D eigenvalue weighted by atomic mass is 16.6. The molecule has 1 aromatic carbocycles. The zero-order chi connectivity index (χ0) is 13.0. The average molecular weight is 252 g/mol. The number of nitrogens with one attached hydrogen (secondary N) is 1. The zero-order valence-electron chi connectivity index (χ0n) is 10.2. The summed E-state index contributed by atoms with van der Waals surface area (Å²) in [6, 6.07) is 4.61. The standard InChI is InChI=1S/C12H16N2O4/c1-2-17-12-7-9(3-4-11(12)14(15)16)18-10-5-6-13-8-10/h3-4,7,10,13H,2,5-6,8H2,1H3. The maximum absolute atomic E-state index is 10.8. The molecule has 0 saturated carbocycles. The molecule has 0 aliphatic carbocycles. The Balaban J connectivity index is 2.16. The molecule has 0 radical (unpaired) electrons. The number of hydrogen-bond acceptors (Lipinski definition) is 5. The predicted octanol–water partition coefficient (Wildman–Crippen LogP) is 1.73. The molecule has 1 N–H and O–H groups in total. The first-order chi connectivity index (χ1) is 8.70. The minimum atomic E-state index is -0.452. The second-order valence-electron chi connectivity index (χ2n) is 4.05. The van der Waals surface area contributed by atoms with Crippen LogP contribution >= 0.6 is 0 Å². The van der Waals surface area contributed by atoms with Gasteiger partial charge in [0.15, 0.2) is 0 Å². The summed E-state index contributed by atoms with van der Waals surface area (Å²) in [6.07, 6.45) is 1.07. The molecule has 1 heterocycles. The Hall–Kier alpha value is -1.82.